The van der Waals surface area contributed by atoms with Crippen LogP contribution in [0.4, 0.5) is 5.69 Å². The summed E-state index contributed by atoms with van der Waals surface area (Å²) in [6, 6.07) is 11.5. The molecule has 0 atom stereocenters. The molecule has 92 valence electrons. The first-order chi connectivity index (χ1) is 8.63. The number of carbonyl (C=O) groups is 1. The Morgan fingerprint density at radius 1 is 1.17 bits per heavy atom. The minimum Gasteiger partial charge on any atom is -0.378 e. The number of carbonyl (C=O) groups excluding carboxylic acids is 1. The largest absolute Gasteiger partial charge is 0.378 e. The van der Waals surface area contributed by atoms with Crippen molar-refractivity contribution in [1.29, 1.82) is 0 Å². The highest BCUT2D eigenvalue weighted by molar-refractivity contribution is 7.71. The van der Waals surface area contributed by atoms with Crippen LogP contribution < -0.4 is 4.90 Å². The van der Waals surface area contributed by atoms with Crippen molar-refractivity contribution in [2.45, 2.75) is 0 Å². The van der Waals surface area contributed by atoms with E-state index in [0.29, 0.717) is 10.2 Å². The summed E-state index contributed by atoms with van der Waals surface area (Å²) in [6.07, 6.45) is 2.65. The van der Waals surface area contributed by atoms with Gasteiger partial charge in [0.05, 0.1) is 0 Å². The third-order valence-electron chi connectivity index (χ3n) is 2.75. The van der Waals surface area contributed by atoms with Gasteiger partial charge in [0.2, 0.25) is 0 Å². The number of nitrogens with zero attached hydrogens (tertiary/aromatic N) is 2. The first-order valence-corrected chi connectivity index (χ1v) is 5.99. The fourth-order valence-corrected chi connectivity index (χ4v) is 2.00. The topological polar surface area (TPSA) is 25.2 Å². The monoisotopic (exact) mass is 258 g/mol. The molecule has 0 aliphatic carbocycles. The van der Waals surface area contributed by atoms with Crippen molar-refractivity contribution in [2.75, 3.05) is 19.0 Å². The van der Waals surface area contributed by atoms with E-state index in [1.165, 1.54) is 0 Å². The Labute approximate surface area is 111 Å². The fraction of sp³-hybridized carbons (Fsp3) is 0.143. The lowest BCUT2D eigenvalue weighted by atomic mass is 10.2. The van der Waals surface area contributed by atoms with Crippen LogP contribution >= 0.6 is 12.2 Å². The second-order valence-electron chi connectivity index (χ2n) is 4.17. The molecule has 0 radical (unpaired) electrons. The molecule has 0 saturated carbocycles. The maximum absolute atomic E-state index is 10.9. The molecule has 0 fully saturated rings. The van der Waals surface area contributed by atoms with Gasteiger partial charge in [-0.25, -0.2) is 0 Å². The lowest BCUT2D eigenvalue weighted by molar-refractivity contribution is 0.112. The van der Waals surface area contributed by atoms with Crippen LogP contribution in [-0.2, 0) is 0 Å². The molecule has 0 spiro atoms. The van der Waals surface area contributed by atoms with Crippen molar-refractivity contribution >= 4 is 24.2 Å². The van der Waals surface area contributed by atoms with Crippen LogP contribution in [0.2, 0.25) is 0 Å². The van der Waals surface area contributed by atoms with Crippen LogP contribution in [-0.4, -0.2) is 24.9 Å². The quantitative estimate of drug-likeness (QED) is 0.625. The van der Waals surface area contributed by atoms with Gasteiger partial charge in [0, 0.05) is 37.2 Å². The van der Waals surface area contributed by atoms with Gasteiger partial charge in [-0.1, -0.05) is 12.2 Å². The zero-order valence-corrected chi connectivity index (χ0v) is 11.1. The summed E-state index contributed by atoms with van der Waals surface area (Å²) in [5.41, 5.74) is 2.61. The lowest BCUT2D eigenvalue weighted by Crippen LogP contribution is -2.08. The van der Waals surface area contributed by atoms with Gasteiger partial charge in [-0.3, -0.25) is 4.79 Å². The van der Waals surface area contributed by atoms with E-state index in [4.69, 9.17) is 12.2 Å². The van der Waals surface area contributed by atoms with Gasteiger partial charge in [-0.2, -0.15) is 0 Å². The summed E-state index contributed by atoms with van der Waals surface area (Å²) in [5.74, 6) is 0. The van der Waals surface area contributed by atoms with E-state index in [9.17, 15) is 4.79 Å². The van der Waals surface area contributed by atoms with Crippen molar-refractivity contribution in [3.05, 3.63) is 52.8 Å². The Balaban J connectivity index is 2.49. The zero-order chi connectivity index (χ0) is 13.1. The third-order valence-corrected chi connectivity index (χ3v) is 3.18. The Morgan fingerprint density at radius 3 is 2.39 bits per heavy atom. The maximum Gasteiger partial charge on any atom is 0.153 e. The first-order valence-electron chi connectivity index (χ1n) is 5.58. The maximum atomic E-state index is 10.9. The summed E-state index contributed by atoms with van der Waals surface area (Å²) in [6.45, 7) is 0. The number of pyridine rings is 1. The molecule has 2 rings (SSSR count). The van der Waals surface area contributed by atoms with Crippen molar-refractivity contribution in [3.8, 4) is 5.69 Å². The Bertz CT molecular complexity index is 614. The molecule has 0 aliphatic rings. The molecule has 0 saturated heterocycles. The minimum absolute atomic E-state index is 0.532. The molecule has 1 heterocycles. The van der Waals surface area contributed by atoms with Crippen LogP contribution in [0.3, 0.4) is 0 Å². The van der Waals surface area contributed by atoms with Crippen molar-refractivity contribution in [2.24, 2.45) is 0 Å². The Kier molecular flexibility index (Phi) is 3.58. The van der Waals surface area contributed by atoms with Gasteiger partial charge in [-0.15, -0.1) is 0 Å². The number of aromatic nitrogens is 1. The van der Waals surface area contributed by atoms with Crippen molar-refractivity contribution in [3.63, 3.8) is 0 Å². The molecule has 0 bridgehead atoms. The highest BCUT2D eigenvalue weighted by Crippen LogP contribution is 2.16. The molecule has 1 aromatic heterocycles. The van der Waals surface area contributed by atoms with E-state index in [1.54, 1.807) is 6.07 Å². The summed E-state index contributed by atoms with van der Waals surface area (Å²) < 4.78 is 2.36. The summed E-state index contributed by atoms with van der Waals surface area (Å²) >= 11 is 5.28. The predicted octanol–water partition coefficient (Wildman–Crippen LogP) is 3.09. The van der Waals surface area contributed by atoms with Crippen LogP contribution in [0.1, 0.15) is 10.4 Å². The van der Waals surface area contributed by atoms with E-state index >= 15 is 0 Å². The highest BCUT2D eigenvalue weighted by Gasteiger charge is 2.01. The van der Waals surface area contributed by atoms with Crippen LogP contribution in [0.15, 0.2) is 42.6 Å². The van der Waals surface area contributed by atoms with Crippen LogP contribution in [0, 0.1) is 4.64 Å². The highest BCUT2D eigenvalue weighted by atomic mass is 32.1. The van der Waals surface area contributed by atoms with Gasteiger partial charge < -0.3 is 9.47 Å². The smallest absolute Gasteiger partial charge is 0.153 e. The minimum atomic E-state index is 0.532. The van der Waals surface area contributed by atoms with Gasteiger partial charge in [-0.05, 0) is 36.4 Å². The molecule has 0 N–H and O–H groups in total. The molecule has 1 aromatic carbocycles. The third kappa shape index (κ3) is 2.33. The number of benzene rings is 1. The standard InChI is InChI=1S/C14H14N2OS/c1-15(2)12-5-7-13(8-6-12)16-9-3-4-11(10-17)14(16)18/h3-10H,1-2H3. The van der Waals surface area contributed by atoms with E-state index in [1.807, 2.05) is 60.1 Å². The molecule has 2 aromatic rings. The molecule has 0 unspecified atom stereocenters. The van der Waals surface area contributed by atoms with E-state index < -0.39 is 0 Å². The Hall–Kier alpha value is -1.94. The van der Waals surface area contributed by atoms with Gasteiger partial charge in [0.1, 0.15) is 4.64 Å². The average Bonchev–Trinajstić information content (AvgIpc) is 2.39. The Morgan fingerprint density at radius 2 is 1.83 bits per heavy atom. The number of anilines is 1. The van der Waals surface area contributed by atoms with Crippen LogP contribution in [0.5, 0.6) is 0 Å². The number of aldehydes is 1. The number of hydrogen-bond donors (Lipinski definition) is 0. The van der Waals surface area contributed by atoms with E-state index in [2.05, 4.69) is 0 Å². The number of rotatable bonds is 3. The molecule has 3 nitrogen and oxygen atoms in total. The molecular formula is C14H14N2OS. The second kappa shape index (κ2) is 5.14. The second-order valence-corrected chi connectivity index (χ2v) is 4.55. The van der Waals surface area contributed by atoms with Gasteiger partial charge >= 0.3 is 0 Å². The SMILES string of the molecule is CN(C)c1ccc(-n2cccc(C=O)c2=S)cc1. The number of hydrogen-bond acceptors (Lipinski definition) is 3. The average molecular weight is 258 g/mol. The molecule has 18 heavy (non-hydrogen) atoms. The molecular weight excluding hydrogens is 244 g/mol. The summed E-state index contributed by atoms with van der Waals surface area (Å²) in [5, 5.41) is 0. The van der Waals surface area contributed by atoms with Crippen molar-refractivity contribution in [1.82, 2.24) is 4.57 Å². The molecule has 4 heteroatoms. The van der Waals surface area contributed by atoms with E-state index in [-0.39, 0.29) is 0 Å². The fourth-order valence-electron chi connectivity index (χ4n) is 1.72. The zero-order valence-electron chi connectivity index (χ0n) is 10.3. The normalized spacial score (nSPS) is 10.1. The van der Waals surface area contributed by atoms with Gasteiger partial charge in [0.15, 0.2) is 6.29 Å². The molecule has 0 aliphatic heterocycles. The first kappa shape index (κ1) is 12.5. The lowest BCUT2D eigenvalue weighted by Gasteiger charge is -2.14. The summed E-state index contributed by atoms with van der Waals surface area (Å²) in [4.78, 5) is 12.9. The van der Waals surface area contributed by atoms with Gasteiger partial charge in [0.25, 0.3) is 0 Å². The van der Waals surface area contributed by atoms with Crippen LogP contribution in [0.25, 0.3) is 5.69 Å². The van der Waals surface area contributed by atoms with Crippen molar-refractivity contribution < 1.29 is 4.79 Å². The van der Waals surface area contributed by atoms with E-state index in [0.717, 1.165) is 17.7 Å². The predicted molar refractivity (Wildman–Crippen MR) is 76.3 cm³/mol. The summed E-state index contributed by atoms with van der Waals surface area (Å²) in [7, 11) is 3.99. The molecule has 0 amide bonds.